The van der Waals surface area contributed by atoms with Gasteiger partial charge in [-0.25, -0.2) is 9.82 Å². The number of amides is 1. The SMILES string of the molecule is Cc1c(/C=N/NC(=O)c2cccnc2)c2ccccn2c1C(=O)c1ccc(F)cc1. The first-order chi connectivity index (χ1) is 14.6. The Kier molecular flexibility index (Phi) is 5.17. The van der Waals surface area contributed by atoms with Gasteiger partial charge in [0.05, 0.1) is 23.0 Å². The molecule has 4 aromatic rings. The molecule has 0 fully saturated rings. The molecule has 0 aliphatic heterocycles. The largest absolute Gasteiger partial charge is 0.313 e. The van der Waals surface area contributed by atoms with Crippen LogP contribution in [0.3, 0.4) is 0 Å². The molecule has 7 heteroatoms. The minimum absolute atomic E-state index is 0.229. The van der Waals surface area contributed by atoms with Crippen LogP contribution in [0, 0.1) is 12.7 Å². The van der Waals surface area contributed by atoms with Gasteiger partial charge in [0.25, 0.3) is 5.91 Å². The van der Waals surface area contributed by atoms with Crippen LogP contribution in [0.1, 0.15) is 37.5 Å². The van der Waals surface area contributed by atoms with E-state index >= 15 is 0 Å². The van der Waals surface area contributed by atoms with Crippen LogP contribution in [0.5, 0.6) is 0 Å². The van der Waals surface area contributed by atoms with Crippen LogP contribution >= 0.6 is 0 Å². The monoisotopic (exact) mass is 400 g/mol. The highest BCUT2D eigenvalue weighted by atomic mass is 19.1. The van der Waals surface area contributed by atoms with E-state index in [2.05, 4.69) is 15.5 Å². The van der Waals surface area contributed by atoms with Gasteiger partial charge in [0.1, 0.15) is 5.82 Å². The highest BCUT2D eigenvalue weighted by Gasteiger charge is 2.21. The Hall–Kier alpha value is -4.13. The smallest absolute Gasteiger partial charge is 0.272 e. The molecule has 0 bridgehead atoms. The molecule has 148 valence electrons. The second-order valence-electron chi connectivity index (χ2n) is 6.62. The minimum Gasteiger partial charge on any atom is -0.313 e. The molecule has 0 atom stereocenters. The summed E-state index contributed by atoms with van der Waals surface area (Å²) in [6.07, 6.45) is 6.32. The number of benzene rings is 1. The molecule has 0 saturated heterocycles. The van der Waals surface area contributed by atoms with Crippen LogP contribution < -0.4 is 5.43 Å². The fourth-order valence-corrected chi connectivity index (χ4v) is 3.26. The number of nitrogens with one attached hydrogen (secondary N) is 1. The highest BCUT2D eigenvalue weighted by Crippen LogP contribution is 2.24. The summed E-state index contributed by atoms with van der Waals surface area (Å²) in [6.45, 7) is 1.81. The zero-order chi connectivity index (χ0) is 21.1. The first kappa shape index (κ1) is 19.2. The zero-order valence-corrected chi connectivity index (χ0v) is 16.0. The van der Waals surface area contributed by atoms with Crippen molar-refractivity contribution in [2.75, 3.05) is 0 Å². The maximum atomic E-state index is 13.2. The lowest BCUT2D eigenvalue weighted by molar-refractivity contribution is 0.0954. The van der Waals surface area contributed by atoms with Crippen molar-refractivity contribution in [3.05, 3.63) is 107 Å². The number of hydrogen-bond acceptors (Lipinski definition) is 4. The molecule has 30 heavy (non-hydrogen) atoms. The molecule has 6 nitrogen and oxygen atoms in total. The number of carbonyl (C=O) groups is 2. The van der Waals surface area contributed by atoms with E-state index in [1.165, 1.54) is 36.7 Å². The van der Waals surface area contributed by atoms with Gasteiger partial charge in [-0.05, 0) is 61.0 Å². The number of ketones is 1. The van der Waals surface area contributed by atoms with Gasteiger partial charge in [-0.3, -0.25) is 14.6 Å². The molecule has 3 heterocycles. The van der Waals surface area contributed by atoms with E-state index in [9.17, 15) is 14.0 Å². The summed E-state index contributed by atoms with van der Waals surface area (Å²) in [5.41, 5.74) is 5.87. The van der Waals surface area contributed by atoms with E-state index < -0.39 is 5.82 Å². The molecule has 0 aliphatic rings. The van der Waals surface area contributed by atoms with Gasteiger partial charge in [0, 0.05) is 29.7 Å². The third-order valence-electron chi connectivity index (χ3n) is 4.74. The van der Waals surface area contributed by atoms with Gasteiger partial charge in [0.15, 0.2) is 0 Å². The Bertz CT molecular complexity index is 1260. The van der Waals surface area contributed by atoms with Crippen LogP contribution in [0.15, 0.2) is 78.3 Å². The first-order valence-corrected chi connectivity index (χ1v) is 9.19. The Morgan fingerprint density at radius 2 is 1.87 bits per heavy atom. The third kappa shape index (κ3) is 3.60. The van der Waals surface area contributed by atoms with E-state index in [-0.39, 0.29) is 11.7 Å². The molecule has 0 radical (unpaired) electrons. The van der Waals surface area contributed by atoms with Crippen LogP contribution in [-0.2, 0) is 0 Å². The third-order valence-corrected chi connectivity index (χ3v) is 4.74. The Morgan fingerprint density at radius 3 is 2.60 bits per heavy atom. The number of carbonyl (C=O) groups excluding carboxylic acids is 2. The van der Waals surface area contributed by atoms with E-state index in [1.807, 2.05) is 25.1 Å². The summed E-state index contributed by atoms with van der Waals surface area (Å²) < 4.78 is 15.0. The van der Waals surface area contributed by atoms with Crippen molar-refractivity contribution in [2.24, 2.45) is 5.10 Å². The maximum absolute atomic E-state index is 13.2. The number of rotatable bonds is 5. The lowest BCUT2D eigenvalue weighted by Gasteiger charge is -2.04. The number of aromatic nitrogens is 2. The number of nitrogens with zero attached hydrogens (tertiary/aromatic N) is 3. The van der Waals surface area contributed by atoms with Gasteiger partial charge >= 0.3 is 0 Å². The van der Waals surface area contributed by atoms with E-state index in [0.717, 1.165) is 5.52 Å². The molecule has 0 spiro atoms. The molecule has 0 saturated carbocycles. The molecule has 1 amide bonds. The maximum Gasteiger partial charge on any atom is 0.272 e. The van der Waals surface area contributed by atoms with Gasteiger partial charge in [-0.2, -0.15) is 5.10 Å². The predicted molar refractivity (Wildman–Crippen MR) is 111 cm³/mol. The topological polar surface area (TPSA) is 75.8 Å². The number of halogens is 1. The van der Waals surface area contributed by atoms with Crippen LogP contribution in [0.25, 0.3) is 5.52 Å². The zero-order valence-electron chi connectivity index (χ0n) is 16.0. The summed E-state index contributed by atoms with van der Waals surface area (Å²) >= 11 is 0. The number of fused-ring (bicyclic) bond motifs is 1. The predicted octanol–water partition coefficient (Wildman–Crippen LogP) is 3.78. The quantitative estimate of drug-likeness (QED) is 0.315. The molecule has 1 aromatic carbocycles. The summed E-state index contributed by atoms with van der Waals surface area (Å²) in [5.74, 6) is -1.02. The molecular weight excluding hydrogens is 383 g/mol. The van der Waals surface area contributed by atoms with E-state index in [4.69, 9.17) is 0 Å². The standard InChI is InChI=1S/C23H17FN4O2/c1-15-19(14-26-27-23(30)17-5-4-11-25-13-17)20-6-2-3-12-28(20)21(15)22(29)16-7-9-18(24)10-8-16/h2-14H,1H3,(H,27,30)/b26-14+. The number of hydrogen-bond donors (Lipinski definition) is 1. The van der Waals surface area contributed by atoms with Gasteiger partial charge in [0.2, 0.25) is 5.78 Å². The lowest BCUT2D eigenvalue weighted by Crippen LogP contribution is -2.17. The number of hydrazone groups is 1. The Labute approximate surface area is 171 Å². The van der Waals surface area contributed by atoms with Crippen LogP contribution in [-0.4, -0.2) is 27.3 Å². The average molecular weight is 400 g/mol. The summed E-state index contributed by atoms with van der Waals surface area (Å²) in [6, 6.07) is 14.3. The average Bonchev–Trinajstić information content (AvgIpc) is 3.06. The van der Waals surface area contributed by atoms with Crippen molar-refractivity contribution in [3.8, 4) is 0 Å². The van der Waals surface area contributed by atoms with Gasteiger partial charge in [-0.1, -0.05) is 6.07 Å². The second-order valence-corrected chi connectivity index (χ2v) is 6.62. The Balaban J connectivity index is 1.69. The fraction of sp³-hybridized carbons (Fsp3) is 0.0435. The highest BCUT2D eigenvalue weighted by molar-refractivity contribution is 6.12. The summed E-state index contributed by atoms with van der Waals surface area (Å²) in [5, 5.41) is 4.06. The fourth-order valence-electron chi connectivity index (χ4n) is 3.26. The minimum atomic E-state index is -0.402. The molecule has 0 unspecified atom stereocenters. The normalized spacial score (nSPS) is 11.1. The molecule has 0 aliphatic carbocycles. The van der Waals surface area contributed by atoms with Gasteiger partial charge < -0.3 is 4.40 Å². The lowest BCUT2D eigenvalue weighted by atomic mass is 10.0. The van der Waals surface area contributed by atoms with Crippen molar-refractivity contribution in [2.45, 2.75) is 6.92 Å². The molecular formula is C23H17FN4O2. The summed E-state index contributed by atoms with van der Waals surface area (Å²) in [4.78, 5) is 29.2. The molecule has 3 aromatic heterocycles. The van der Waals surface area contributed by atoms with Crippen molar-refractivity contribution in [1.82, 2.24) is 14.8 Å². The molecule has 4 rings (SSSR count). The van der Waals surface area contributed by atoms with Crippen LogP contribution in [0.2, 0.25) is 0 Å². The van der Waals surface area contributed by atoms with Crippen molar-refractivity contribution >= 4 is 23.4 Å². The summed E-state index contributed by atoms with van der Waals surface area (Å²) in [7, 11) is 0. The van der Waals surface area contributed by atoms with Crippen molar-refractivity contribution < 1.29 is 14.0 Å². The number of pyridine rings is 2. The second kappa shape index (κ2) is 8.08. The van der Waals surface area contributed by atoms with Crippen molar-refractivity contribution in [1.29, 1.82) is 0 Å². The van der Waals surface area contributed by atoms with E-state index in [1.54, 1.807) is 28.9 Å². The van der Waals surface area contributed by atoms with Crippen molar-refractivity contribution in [3.63, 3.8) is 0 Å². The Morgan fingerprint density at radius 1 is 1.07 bits per heavy atom. The van der Waals surface area contributed by atoms with E-state index in [0.29, 0.717) is 27.9 Å². The van der Waals surface area contributed by atoms with Crippen LogP contribution in [0.4, 0.5) is 4.39 Å². The first-order valence-electron chi connectivity index (χ1n) is 9.19. The molecule has 1 N–H and O–H groups in total. The van der Waals surface area contributed by atoms with Gasteiger partial charge in [-0.15, -0.1) is 0 Å².